The average Bonchev–Trinajstić information content (AvgIpc) is 2.89. The van der Waals surface area contributed by atoms with E-state index >= 15 is 0 Å². The molecule has 0 aliphatic heterocycles. The second-order valence-electron chi connectivity index (χ2n) is 12.6. The van der Waals surface area contributed by atoms with Gasteiger partial charge in [0.25, 0.3) is 7.82 Å². The van der Waals surface area contributed by atoms with Crippen molar-refractivity contribution in [1.82, 2.24) is 0 Å². The normalized spacial score (nSPS) is 14.2. The van der Waals surface area contributed by atoms with Crippen molar-refractivity contribution in [3.63, 3.8) is 0 Å². The molecule has 0 aliphatic carbocycles. The maximum Gasteiger partial charge on any atom is 0.303 e. The first-order valence-electron chi connectivity index (χ1n) is 16.7. The lowest BCUT2D eigenvalue weighted by Gasteiger charge is -2.25. The van der Waals surface area contributed by atoms with Crippen LogP contribution in [0.5, 0.6) is 0 Å². The van der Waals surface area contributed by atoms with E-state index in [1.807, 2.05) is 0 Å². The molecule has 0 heterocycles. The van der Waals surface area contributed by atoms with E-state index in [4.69, 9.17) is 18.5 Å². The van der Waals surface area contributed by atoms with Gasteiger partial charge in [0.05, 0.1) is 47.5 Å². The van der Waals surface area contributed by atoms with E-state index in [2.05, 4.69) is 28.1 Å². The summed E-state index contributed by atoms with van der Waals surface area (Å²) >= 11 is 0. The molecule has 0 radical (unpaired) electrons. The SMILES string of the molecule is CCCCCCCCCCCCCCCCOCC(COP(=O)([O-])OCCCCCCCC[N+](C)(C)C)OC(C)=O. The number of rotatable bonds is 31. The van der Waals surface area contributed by atoms with Crippen LogP contribution in [0.1, 0.15) is 142 Å². The van der Waals surface area contributed by atoms with Crippen LogP contribution in [0, 0.1) is 0 Å². The molecule has 0 spiro atoms. The Morgan fingerprint density at radius 2 is 1.10 bits per heavy atom. The van der Waals surface area contributed by atoms with Gasteiger partial charge in [-0.05, 0) is 25.7 Å². The molecule has 41 heavy (non-hydrogen) atoms. The van der Waals surface area contributed by atoms with Crippen molar-refractivity contribution in [1.29, 1.82) is 0 Å². The third-order valence-electron chi connectivity index (χ3n) is 7.17. The number of quaternary nitrogens is 1. The molecule has 8 nitrogen and oxygen atoms in total. The molecular formula is C32H66NO7P. The van der Waals surface area contributed by atoms with Crippen molar-refractivity contribution < 1.29 is 37.3 Å². The molecule has 0 aromatic rings. The van der Waals surface area contributed by atoms with E-state index in [9.17, 15) is 14.3 Å². The molecule has 0 N–H and O–H groups in total. The van der Waals surface area contributed by atoms with Gasteiger partial charge in [-0.3, -0.25) is 9.36 Å². The standard InChI is InChI=1S/C32H66NO7P/c1-6-7-8-9-10-11-12-13-14-15-16-18-21-24-27-37-29-32(40-31(2)34)30-39-41(35,36)38-28-25-22-19-17-20-23-26-33(3,4)5/h32H,6-30H2,1-5H3. The number of carbonyl (C=O) groups is 1. The monoisotopic (exact) mass is 607 g/mol. The van der Waals surface area contributed by atoms with Crippen molar-refractivity contribution in [2.24, 2.45) is 0 Å². The summed E-state index contributed by atoms with van der Waals surface area (Å²) in [5.41, 5.74) is 0. The number of hydrogen-bond acceptors (Lipinski definition) is 7. The molecule has 0 aromatic heterocycles. The van der Waals surface area contributed by atoms with Crippen LogP contribution >= 0.6 is 7.82 Å². The highest BCUT2D eigenvalue weighted by atomic mass is 31.2. The Bertz CT molecular complexity index is 642. The van der Waals surface area contributed by atoms with Gasteiger partial charge in [0.2, 0.25) is 0 Å². The Labute approximate surface area is 253 Å². The van der Waals surface area contributed by atoms with Crippen LogP contribution < -0.4 is 4.89 Å². The van der Waals surface area contributed by atoms with E-state index in [1.165, 1.54) is 103 Å². The first kappa shape index (κ1) is 40.5. The van der Waals surface area contributed by atoms with Crippen LogP contribution in [0.2, 0.25) is 0 Å². The zero-order valence-electron chi connectivity index (χ0n) is 27.5. The minimum absolute atomic E-state index is 0.103. The topological polar surface area (TPSA) is 94.1 Å². The molecule has 2 atom stereocenters. The predicted molar refractivity (Wildman–Crippen MR) is 167 cm³/mol. The zero-order valence-corrected chi connectivity index (χ0v) is 28.4. The number of phosphoric ester groups is 1. The maximum absolute atomic E-state index is 12.1. The number of phosphoric acid groups is 1. The van der Waals surface area contributed by atoms with Crippen molar-refractivity contribution in [3.8, 4) is 0 Å². The van der Waals surface area contributed by atoms with Crippen LogP contribution in [-0.2, 0) is 27.9 Å². The molecule has 0 bridgehead atoms. The van der Waals surface area contributed by atoms with Gasteiger partial charge in [-0.15, -0.1) is 0 Å². The lowest BCUT2D eigenvalue weighted by molar-refractivity contribution is -0.870. The van der Waals surface area contributed by atoms with E-state index in [0.29, 0.717) is 13.0 Å². The number of esters is 1. The minimum atomic E-state index is -4.45. The summed E-state index contributed by atoms with van der Waals surface area (Å²) in [6, 6.07) is 0. The quantitative estimate of drug-likeness (QED) is 0.0341. The highest BCUT2D eigenvalue weighted by molar-refractivity contribution is 7.45. The third-order valence-corrected chi connectivity index (χ3v) is 8.13. The number of ether oxygens (including phenoxy) is 2. The molecular weight excluding hydrogens is 541 g/mol. The molecule has 0 aliphatic rings. The van der Waals surface area contributed by atoms with Gasteiger partial charge in [-0.25, -0.2) is 0 Å². The van der Waals surface area contributed by atoms with Gasteiger partial charge in [0, 0.05) is 13.5 Å². The largest absolute Gasteiger partial charge is 0.756 e. The highest BCUT2D eigenvalue weighted by Gasteiger charge is 2.18. The molecule has 0 saturated carbocycles. The second kappa shape index (κ2) is 27.1. The van der Waals surface area contributed by atoms with Gasteiger partial charge in [-0.2, -0.15) is 0 Å². The second-order valence-corrected chi connectivity index (χ2v) is 14.0. The molecule has 0 amide bonds. The molecule has 0 aromatic carbocycles. The van der Waals surface area contributed by atoms with Crippen molar-refractivity contribution in [3.05, 3.63) is 0 Å². The smallest absolute Gasteiger partial charge is 0.303 e. The van der Waals surface area contributed by atoms with Gasteiger partial charge >= 0.3 is 5.97 Å². The first-order chi connectivity index (χ1) is 19.6. The Morgan fingerprint density at radius 3 is 1.56 bits per heavy atom. The summed E-state index contributed by atoms with van der Waals surface area (Å²) in [7, 11) is 2.14. The summed E-state index contributed by atoms with van der Waals surface area (Å²) in [6.07, 6.45) is 23.6. The third kappa shape index (κ3) is 32.3. The van der Waals surface area contributed by atoms with Crippen molar-refractivity contribution in [2.75, 3.05) is 54.1 Å². The summed E-state index contributed by atoms with van der Waals surface area (Å²) in [5.74, 6) is -0.498. The zero-order chi connectivity index (χ0) is 30.7. The summed E-state index contributed by atoms with van der Waals surface area (Å²) in [5, 5.41) is 0. The Hall–Kier alpha value is -0.500. The van der Waals surface area contributed by atoms with Crippen LogP contribution in [0.25, 0.3) is 0 Å². The lowest BCUT2D eigenvalue weighted by atomic mass is 10.0. The molecule has 2 unspecified atom stereocenters. The molecule has 9 heteroatoms. The summed E-state index contributed by atoms with van der Waals surface area (Å²) in [4.78, 5) is 23.5. The van der Waals surface area contributed by atoms with Crippen LogP contribution in [-0.4, -0.2) is 70.7 Å². The number of nitrogens with zero attached hydrogens (tertiary/aromatic N) is 1. The van der Waals surface area contributed by atoms with Crippen LogP contribution in [0.4, 0.5) is 0 Å². The van der Waals surface area contributed by atoms with Crippen molar-refractivity contribution >= 4 is 13.8 Å². The van der Waals surface area contributed by atoms with Gasteiger partial charge < -0.3 is 27.9 Å². The van der Waals surface area contributed by atoms with Gasteiger partial charge in [0.1, 0.15) is 6.10 Å². The minimum Gasteiger partial charge on any atom is -0.756 e. The van der Waals surface area contributed by atoms with E-state index in [1.54, 1.807) is 0 Å². The summed E-state index contributed by atoms with van der Waals surface area (Å²) < 4.78 is 33.9. The van der Waals surface area contributed by atoms with E-state index < -0.39 is 19.9 Å². The Morgan fingerprint density at radius 1 is 0.659 bits per heavy atom. The number of unbranched alkanes of at least 4 members (excludes halogenated alkanes) is 18. The Balaban J connectivity index is 3.78. The molecule has 0 rings (SSSR count). The number of carbonyl (C=O) groups excluding carboxylic acids is 1. The van der Waals surface area contributed by atoms with Gasteiger partial charge in [-0.1, -0.05) is 110 Å². The number of hydrogen-bond donors (Lipinski definition) is 0. The fraction of sp³-hybridized carbons (Fsp3) is 0.969. The van der Waals surface area contributed by atoms with E-state index in [-0.39, 0.29) is 19.8 Å². The van der Waals surface area contributed by atoms with Crippen molar-refractivity contribution in [2.45, 2.75) is 148 Å². The van der Waals surface area contributed by atoms with Gasteiger partial charge in [0.15, 0.2) is 0 Å². The summed E-state index contributed by atoms with van der Waals surface area (Å²) in [6.45, 7) is 5.17. The average molecular weight is 608 g/mol. The Kier molecular flexibility index (Phi) is 26.7. The predicted octanol–water partition coefficient (Wildman–Crippen LogP) is 7.96. The molecule has 0 saturated heterocycles. The van der Waals surface area contributed by atoms with Crippen LogP contribution in [0.15, 0.2) is 0 Å². The highest BCUT2D eigenvalue weighted by Crippen LogP contribution is 2.38. The lowest BCUT2D eigenvalue weighted by Crippen LogP contribution is -2.35. The molecule has 246 valence electrons. The van der Waals surface area contributed by atoms with Crippen LogP contribution in [0.3, 0.4) is 0 Å². The first-order valence-corrected chi connectivity index (χ1v) is 18.2. The molecule has 0 fully saturated rings. The maximum atomic E-state index is 12.1. The fourth-order valence-electron chi connectivity index (χ4n) is 4.75. The fourth-order valence-corrected chi connectivity index (χ4v) is 5.52. The van der Waals surface area contributed by atoms with E-state index in [0.717, 1.165) is 36.6 Å².